The second-order valence-corrected chi connectivity index (χ2v) is 7.79. The van der Waals surface area contributed by atoms with Crippen LogP contribution in [-0.2, 0) is 9.84 Å². The van der Waals surface area contributed by atoms with E-state index in [1.54, 1.807) is 55.4 Å². The Kier molecular flexibility index (Phi) is 4.20. The topological polar surface area (TPSA) is 49.7 Å². The van der Waals surface area contributed by atoms with Crippen LogP contribution >= 0.6 is 11.6 Å². The lowest BCUT2D eigenvalue weighted by Gasteiger charge is -2.28. The summed E-state index contributed by atoms with van der Waals surface area (Å²) < 4.78 is 24.9. The molecule has 1 atom stereocenters. The van der Waals surface area contributed by atoms with E-state index in [1.165, 1.54) is 0 Å². The van der Waals surface area contributed by atoms with Gasteiger partial charge in [-0.25, -0.2) is 8.42 Å². The monoisotopic (exact) mass is 312 g/mol. The summed E-state index contributed by atoms with van der Waals surface area (Å²) in [5.74, 6) is 0. The maximum Gasteiger partial charge on any atom is 0.201 e. The van der Waals surface area contributed by atoms with Crippen molar-refractivity contribution in [2.45, 2.75) is 36.5 Å². The van der Waals surface area contributed by atoms with Crippen LogP contribution in [0.3, 0.4) is 0 Å². The van der Waals surface area contributed by atoms with Gasteiger partial charge < -0.3 is 4.90 Å². The van der Waals surface area contributed by atoms with Gasteiger partial charge in [0.25, 0.3) is 0 Å². The molecule has 1 heterocycles. The molecule has 0 aliphatic carbocycles. The van der Waals surface area contributed by atoms with E-state index in [-0.39, 0.29) is 4.90 Å². The van der Waals surface area contributed by atoms with Gasteiger partial charge >= 0.3 is 0 Å². The number of alkyl halides is 1. The lowest BCUT2D eigenvalue weighted by Crippen LogP contribution is -2.29. The Morgan fingerprint density at radius 2 is 1.95 bits per heavy atom. The van der Waals surface area contributed by atoms with E-state index >= 15 is 0 Å². The Morgan fingerprint density at radius 3 is 2.60 bits per heavy atom. The number of benzene rings is 1. The summed E-state index contributed by atoms with van der Waals surface area (Å²) >= 11 is 6.17. The molecule has 1 aromatic carbocycles. The average Bonchev–Trinajstić information content (AvgIpc) is 2.41. The number of allylic oxidation sites excluding steroid dienone is 1. The standard InChI is InChI=1S/C14H17ClN2O2S/c1-10(2)20(18,19)13-7-5-4-6-12(13)17-9-11(3)8-16-14(17)15/h4-10,14H,1-3H3. The zero-order valence-electron chi connectivity index (χ0n) is 11.6. The van der Waals surface area contributed by atoms with Gasteiger partial charge in [-0.15, -0.1) is 0 Å². The average molecular weight is 313 g/mol. The molecule has 0 aromatic heterocycles. The molecular formula is C14H17ClN2O2S. The molecular weight excluding hydrogens is 296 g/mol. The van der Waals surface area contributed by atoms with Crippen molar-refractivity contribution in [2.24, 2.45) is 4.99 Å². The number of para-hydroxylation sites is 1. The Morgan fingerprint density at radius 1 is 1.30 bits per heavy atom. The minimum absolute atomic E-state index is 0.279. The molecule has 0 saturated heterocycles. The molecule has 20 heavy (non-hydrogen) atoms. The van der Waals surface area contributed by atoms with E-state index in [0.717, 1.165) is 5.57 Å². The van der Waals surface area contributed by atoms with Gasteiger partial charge in [0.1, 0.15) is 0 Å². The van der Waals surface area contributed by atoms with E-state index in [9.17, 15) is 8.42 Å². The fourth-order valence-electron chi connectivity index (χ4n) is 1.91. The first-order valence-electron chi connectivity index (χ1n) is 6.31. The number of nitrogens with zero attached hydrogens (tertiary/aromatic N) is 2. The molecule has 6 heteroatoms. The summed E-state index contributed by atoms with van der Waals surface area (Å²) in [6.07, 6.45) is 3.48. The smallest absolute Gasteiger partial charge is 0.201 e. The van der Waals surface area contributed by atoms with Crippen molar-refractivity contribution in [3.05, 3.63) is 36.0 Å². The molecule has 0 saturated carbocycles. The number of aliphatic imine (C=N–C) groups is 1. The first-order chi connectivity index (χ1) is 9.34. The van der Waals surface area contributed by atoms with Crippen molar-refractivity contribution in [3.8, 4) is 0 Å². The highest BCUT2D eigenvalue weighted by Crippen LogP contribution is 2.32. The number of anilines is 1. The highest BCUT2D eigenvalue weighted by molar-refractivity contribution is 7.92. The van der Waals surface area contributed by atoms with E-state index < -0.39 is 20.7 Å². The normalized spacial score (nSPS) is 19.4. The van der Waals surface area contributed by atoms with Crippen molar-refractivity contribution >= 4 is 33.3 Å². The van der Waals surface area contributed by atoms with Crippen molar-refractivity contribution < 1.29 is 8.42 Å². The third kappa shape index (κ3) is 2.74. The first kappa shape index (κ1) is 15.1. The zero-order valence-corrected chi connectivity index (χ0v) is 13.2. The number of hydrogen-bond acceptors (Lipinski definition) is 4. The Hall–Kier alpha value is -1.33. The van der Waals surface area contributed by atoms with Crippen LogP contribution in [-0.4, -0.2) is 25.5 Å². The Balaban J connectivity index is 2.57. The van der Waals surface area contributed by atoms with E-state index in [2.05, 4.69) is 4.99 Å². The van der Waals surface area contributed by atoms with Gasteiger partial charge in [0.2, 0.25) is 5.62 Å². The van der Waals surface area contributed by atoms with Crippen molar-refractivity contribution in [3.63, 3.8) is 0 Å². The Bertz CT molecular complexity index is 666. The number of hydrogen-bond donors (Lipinski definition) is 0. The third-order valence-corrected chi connectivity index (χ3v) is 5.57. The van der Waals surface area contributed by atoms with Crippen molar-refractivity contribution in [1.82, 2.24) is 0 Å². The summed E-state index contributed by atoms with van der Waals surface area (Å²) in [5, 5.41) is -0.490. The van der Waals surface area contributed by atoms with Gasteiger partial charge in [-0.2, -0.15) is 0 Å². The molecule has 4 nitrogen and oxygen atoms in total. The van der Waals surface area contributed by atoms with Gasteiger partial charge in [-0.05, 0) is 38.5 Å². The SMILES string of the molecule is CC1=CN(c2ccccc2S(=O)(=O)C(C)C)C(Cl)N=C1. The molecule has 108 valence electrons. The van der Waals surface area contributed by atoms with Crippen LogP contribution in [0.2, 0.25) is 0 Å². The second kappa shape index (κ2) is 5.58. The third-order valence-electron chi connectivity index (χ3n) is 3.04. The van der Waals surface area contributed by atoms with Crippen LogP contribution < -0.4 is 4.90 Å². The van der Waals surface area contributed by atoms with Crippen LogP contribution in [0.15, 0.2) is 45.9 Å². The van der Waals surface area contributed by atoms with Crippen LogP contribution in [0.1, 0.15) is 20.8 Å². The molecule has 0 amide bonds. The van der Waals surface area contributed by atoms with Gasteiger partial charge in [0, 0.05) is 12.4 Å². The predicted molar refractivity (Wildman–Crippen MR) is 83.1 cm³/mol. The number of halogens is 1. The van der Waals surface area contributed by atoms with Gasteiger partial charge in [-0.3, -0.25) is 4.99 Å². The molecule has 0 N–H and O–H groups in total. The summed E-state index contributed by atoms with van der Waals surface area (Å²) in [7, 11) is -3.38. The minimum atomic E-state index is -3.38. The molecule has 1 aromatic rings. The molecule has 1 aliphatic heterocycles. The van der Waals surface area contributed by atoms with E-state index in [1.807, 2.05) is 6.92 Å². The molecule has 1 aliphatic rings. The molecule has 0 bridgehead atoms. The molecule has 0 spiro atoms. The molecule has 0 fully saturated rings. The lowest BCUT2D eigenvalue weighted by atomic mass is 10.2. The van der Waals surface area contributed by atoms with Crippen LogP contribution in [0.5, 0.6) is 0 Å². The highest BCUT2D eigenvalue weighted by atomic mass is 35.5. The number of sulfone groups is 1. The lowest BCUT2D eigenvalue weighted by molar-refractivity contribution is 0.587. The van der Waals surface area contributed by atoms with Gasteiger partial charge in [0.05, 0.1) is 15.8 Å². The summed E-state index contributed by atoms with van der Waals surface area (Å²) in [4.78, 5) is 6.09. The predicted octanol–water partition coefficient (Wildman–Crippen LogP) is 3.19. The quantitative estimate of drug-likeness (QED) is 0.636. The number of rotatable bonds is 3. The summed E-state index contributed by atoms with van der Waals surface area (Å²) in [6, 6.07) is 6.86. The summed E-state index contributed by atoms with van der Waals surface area (Å²) in [5.41, 5.74) is 0.832. The fraction of sp³-hybridized carbons (Fsp3) is 0.357. The molecule has 2 rings (SSSR count). The van der Waals surface area contributed by atoms with E-state index in [4.69, 9.17) is 11.6 Å². The Labute approximate surface area is 124 Å². The van der Waals surface area contributed by atoms with Crippen LogP contribution in [0, 0.1) is 0 Å². The summed E-state index contributed by atoms with van der Waals surface area (Å²) in [6.45, 7) is 5.22. The fourth-order valence-corrected chi connectivity index (χ4v) is 3.37. The maximum atomic E-state index is 12.5. The van der Waals surface area contributed by atoms with Crippen LogP contribution in [0.25, 0.3) is 0 Å². The molecule has 1 unspecified atom stereocenters. The highest BCUT2D eigenvalue weighted by Gasteiger charge is 2.27. The van der Waals surface area contributed by atoms with Crippen molar-refractivity contribution in [1.29, 1.82) is 0 Å². The first-order valence-corrected chi connectivity index (χ1v) is 8.29. The zero-order chi connectivity index (χ0) is 14.9. The van der Waals surface area contributed by atoms with Crippen molar-refractivity contribution in [2.75, 3.05) is 4.90 Å². The molecule has 0 radical (unpaired) electrons. The van der Waals surface area contributed by atoms with Gasteiger partial charge in [-0.1, -0.05) is 23.7 Å². The van der Waals surface area contributed by atoms with Crippen LogP contribution in [0.4, 0.5) is 5.69 Å². The second-order valence-electron chi connectivity index (χ2n) is 4.93. The largest absolute Gasteiger partial charge is 0.311 e. The van der Waals surface area contributed by atoms with Gasteiger partial charge in [0.15, 0.2) is 9.84 Å². The van der Waals surface area contributed by atoms with E-state index in [0.29, 0.717) is 5.69 Å². The maximum absolute atomic E-state index is 12.5. The minimum Gasteiger partial charge on any atom is -0.311 e.